The summed E-state index contributed by atoms with van der Waals surface area (Å²) in [6.45, 7) is 3.31. The molecule has 1 saturated heterocycles. The van der Waals surface area contributed by atoms with Crippen LogP contribution in [0.5, 0.6) is 5.75 Å². The Labute approximate surface area is 211 Å². The van der Waals surface area contributed by atoms with Gasteiger partial charge < -0.3 is 15.0 Å². The predicted octanol–water partition coefficient (Wildman–Crippen LogP) is 3.98. The molecule has 0 radical (unpaired) electrons. The lowest BCUT2D eigenvalue weighted by Crippen LogP contribution is -2.29. The van der Waals surface area contributed by atoms with Crippen LogP contribution in [0.3, 0.4) is 0 Å². The van der Waals surface area contributed by atoms with Crippen LogP contribution >= 0.6 is 0 Å². The van der Waals surface area contributed by atoms with Gasteiger partial charge in [-0.2, -0.15) is 0 Å². The number of carbonyl (C=O) groups is 2. The minimum atomic E-state index is -3.74. The van der Waals surface area contributed by atoms with Gasteiger partial charge in [-0.1, -0.05) is 24.3 Å². The Kier molecular flexibility index (Phi) is 7.90. The molecular formula is C27H29N3O5S. The molecule has 0 unspecified atom stereocenters. The third-order valence-corrected chi connectivity index (χ3v) is 7.22. The lowest BCUT2D eigenvalue weighted by molar-refractivity contribution is -0.129. The average molecular weight is 508 g/mol. The van der Waals surface area contributed by atoms with E-state index in [1.54, 1.807) is 30.3 Å². The zero-order valence-corrected chi connectivity index (χ0v) is 20.9. The van der Waals surface area contributed by atoms with E-state index in [0.717, 1.165) is 37.1 Å². The van der Waals surface area contributed by atoms with E-state index in [-0.39, 0.29) is 23.3 Å². The second kappa shape index (κ2) is 11.3. The molecule has 2 N–H and O–H groups in total. The van der Waals surface area contributed by atoms with Crippen LogP contribution in [0.15, 0.2) is 77.7 Å². The van der Waals surface area contributed by atoms with Crippen LogP contribution < -0.4 is 14.8 Å². The first-order valence-corrected chi connectivity index (χ1v) is 13.3. The fraction of sp³-hybridized carbons (Fsp3) is 0.259. The Balaban J connectivity index is 1.25. The van der Waals surface area contributed by atoms with Crippen molar-refractivity contribution in [3.05, 3.63) is 83.9 Å². The van der Waals surface area contributed by atoms with Gasteiger partial charge in [0.05, 0.1) is 11.3 Å². The topological polar surface area (TPSA) is 105 Å². The number of ether oxygens (including phenoxy) is 1. The Bertz CT molecular complexity index is 1320. The SMILES string of the molecule is Cc1cccc(NS(=O)(=O)c2ccc(OCC(=O)Nc3ccc(CC(=O)N4CCCC4)cc3)cc2)c1. The van der Waals surface area contributed by atoms with E-state index in [0.29, 0.717) is 23.5 Å². The van der Waals surface area contributed by atoms with Gasteiger partial charge in [0.1, 0.15) is 5.75 Å². The first kappa shape index (κ1) is 25.2. The summed E-state index contributed by atoms with van der Waals surface area (Å²) in [5.74, 6) is 0.145. The van der Waals surface area contributed by atoms with Crippen LogP contribution in [-0.2, 0) is 26.0 Å². The standard InChI is InChI=1S/C27H29N3O5S/c1-20-5-4-6-23(17-20)29-36(33,34)25-13-11-24(12-14-25)35-19-26(31)28-22-9-7-21(8-10-22)18-27(32)30-15-2-3-16-30/h4-14,17,29H,2-3,15-16,18-19H2,1H3,(H,28,31). The monoisotopic (exact) mass is 507 g/mol. The largest absolute Gasteiger partial charge is 0.484 e. The molecule has 0 bridgehead atoms. The number of likely N-dealkylation sites (tertiary alicyclic amines) is 1. The zero-order chi connectivity index (χ0) is 25.5. The lowest BCUT2D eigenvalue weighted by Gasteiger charge is -2.15. The molecule has 4 rings (SSSR count). The molecule has 8 nitrogen and oxygen atoms in total. The molecule has 0 saturated carbocycles. The number of amides is 2. The molecule has 2 amide bonds. The van der Waals surface area contributed by atoms with E-state index in [1.165, 1.54) is 24.3 Å². The molecule has 36 heavy (non-hydrogen) atoms. The van der Waals surface area contributed by atoms with E-state index in [1.807, 2.05) is 30.0 Å². The van der Waals surface area contributed by atoms with Crippen molar-refractivity contribution < 1.29 is 22.7 Å². The smallest absolute Gasteiger partial charge is 0.262 e. The highest BCUT2D eigenvalue weighted by Crippen LogP contribution is 2.20. The van der Waals surface area contributed by atoms with E-state index in [9.17, 15) is 18.0 Å². The molecular weight excluding hydrogens is 478 g/mol. The predicted molar refractivity (Wildman–Crippen MR) is 139 cm³/mol. The fourth-order valence-electron chi connectivity index (χ4n) is 3.94. The molecule has 0 aromatic heterocycles. The summed E-state index contributed by atoms with van der Waals surface area (Å²) < 4.78 is 33.3. The molecule has 1 heterocycles. The molecule has 3 aromatic rings. The normalized spacial score (nSPS) is 13.3. The van der Waals surface area contributed by atoms with Crippen LogP contribution in [0.1, 0.15) is 24.0 Å². The number of nitrogens with zero attached hydrogens (tertiary/aromatic N) is 1. The Morgan fingerprint density at radius 3 is 2.28 bits per heavy atom. The fourth-order valence-corrected chi connectivity index (χ4v) is 4.99. The number of hydrogen-bond donors (Lipinski definition) is 2. The summed E-state index contributed by atoms with van der Waals surface area (Å²) in [5.41, 5.74) is 2.93. The van der Waals surface area contributed by atoms with Gasteiger partial charge in [-0.15, -0.1) is 0 Å². The zero-order valence-electron chi connectivity index (χ0n) is 20.1. The molecule has 0 aliphatic carbocycles. The lowest BCUT2D eigenvalue weighted by atomic mass is 10.1. The van der Waals surface area contributed by atoms with E-state index in [4.69, 9.17) is 4.74 Å². The maximum absolute atomic E-state index is 12.6. The van der Waals surface area contributed by atoms with Crippen LogP contribution in [-0.4, -0.2) is 44.8 Å². The van der Waals surface area contributed by atoms with Gasteiger partial charge in [0, 0.05) is 24.5 Å². The second-order valence-electron chi connectivity index (χ2n) is 8.74. The van der Waals surface area contributed by atoms with Crippen LogP contribution in [0.2, 0.25) is 0 Å². The first-order chi connectivity index (χ1) is 17.3. The molecule has 188 valence electrons. The number of hydrogen-bond acceptors (Lipinski definition) is 5. The van der Waals surface area contributed by atoms with Gasteiger partial charge in [0.2, 0.25) is 5.91 Å². The third kappa shape index (κ3) is 6.85. The van der Waals surface area contributed by atoms with Crippen molar-refractivity contribution in [3.8, 4) is 5.75 Å². The van der Waals surface area contributed by atoms with Crippen LogP contribution in [0.25, 0.3) is 0 Å². The highest BCUT2D eigenvalue weighted by Gasteiger charge is 2.18. The maximum Gasteiger partial charge on any atom is 0.262 e. The highest BCUT2D eigenvalue weighted by atomic mass is 32.2. The van der Waals surface area contributed by atoms with E-state index < -0.39 is 10.0 Å². The van der Waals surface area contributed by atoms with Crippen LogP contribution in [0, 0.1) is 6.92 Å². The van der Waals surface area contributed by atoms with Gasteiger partial charge in [-0.05, 0) is 79.4 Å². The second-order valence-corrected chi connectivity index (χ2v) is 10.4. The minimum absolute atomic E-state index is 0.0871. The molecule has 0 spiro atoms. The molecule has 9 heteroatoms. The molecule has 0 atom stereocenters. The van der Waals surface area contributed by atoms with Gasteiger partial charge in [0.15, 0.2) is 6.61 Å². The van der Waals surface area contributed by atoms with E-state index >= 15 is 0 Å². The number of anilines is 2. The van der Waals surface area contributed by atoms with Crippen LogP contribution in [0.4, 0.5) is 11.4 Å². The van der Waals surface area contributed by atoms with Gasteiger partial charge in [-0.3, -0.25) is 14.3 Å². The van der Waals surface area contributed by atoms with Crippen molar-refractivity contribution in [2.45, 2.75) is 31.1 Å². The van der Waals surface area contributed by atoms with Crippen molar-refractivity contribution in [1.29, 1.82) is 0 Å². The highest BCUT2D eigenvalue weighted by molar-refractivity contribution is 7.92. The average Bonchev–Trinajstić information content (AvgIpc) is 3.39. The Morgan fingerprint density at radius 1 is 0.917 bits per heavy atom. The van der Waals surface area contributed by atoms with Gasteiger partial charge in [0.25, 0.3) is 15.9 Å². The first-order valence-electron chi connectivity index (χ1n) is 11.8. The number of benzene rings is 3. The quantitative estimate of drug-likeness (QED) is 0.456. The Morgan fingerprint density at radius 2 is 1.61 bits per heavy atom. The van der Waals surface area contributed by atoms with E-state index in [2.05, 4.69) is 10.0 Å². The summed E-state index contributed by atoms with van der Waals surface area (Å²) in [6, 6.07) is 20.1. The number of aryl methyl sites for hydroxylation is 1. The van der Waals surface area contributed by atoms with Crippen molar-refractivity contribution in [2.75, 3.05) is 29.7 Å². The number of nitrogens with one attached hydrogen (secondary N) is 2. The van der Waals surface area contributed by atoms with Gasteiger partial charge in [-0.25, -0.2) is 8.42 Å². The molecule has 1 aliphatic rings. The van der Waals surface area contributed by atoms with Gasteiger partial charge >= 0.3 is 0 Å². The van der Waals surface area contributed by atoms with Crippen molar-refractivity contribution in [1.82, 2.24) is 4.90 Å². The number of sulfonamides is 1. The number of carbonyl (C=O) groups excluding carboxylic acids is 2. The summed E-state index contributed by atoms with van der Waals surface area (Å²) in [7, 11) is -3.74. The molecule has 3 aromatic carbocycles. The summed E-state index contributed by atoms with van der Waals surface area (Å²) in [4.78, 5) is 26.5. The number of rotatable bonds is 9. The Hall–Kier alpha value is -3.85. The summed E-state index contributed by atoms with van der Waals surface area (Å²) >= 11 is 0. The summed E-state index contributed by atoms with van der Waals surface area (Å²) in [6.07, 6.45) is 2.48. The molecule has 1 aliphatic heterocycles. The van der Waals surface area contributed by atoms with Crippen molar-refractivity contribution >= 4 is 33.2 Å². The van der Waals surface area contributed by atoms with Crippen molar-refractivity contribution in [2.24, 2.45) is 0 Å². The maximum atomic E-state index is 12.6. The minimum Gasteiger partial charge on any atom is -0.484 e. The summed E-state index contributed by atoms with van der Waals surface area (Å²) in [5, 5.41) is 2.75. The third-order valence-electron chi connectivity index (χ3n) is 5.83. The van der Waals surface area contributed by atoms with Crippen molar-refractivity contribution in [3.63, 3.8) is 0 Å². The molecule has 1 fully saturated rings.